The number of H-pyrrole nitrogens is 2. The normalized spacial score (nSPS) is 11.4. The van der Waals surface area contributed by atoms with Crippen LogP contribution in [0.5, 0.6) is 0 Å². The number of halogens is 1. The molecule has 0 saturated heterocycles. The maximum atomic E-state index is 14.5. The Morgan fingerprint density at radius 3 is 2.53 bits per heavy atom. The molecule has 6 rings (SSSR count). The topological polar surface area (TPSA) is 87.3 Å². The molecule has 176 valence electrons. The number of ketones is 1. The van der Waals surface area contributed by atoms with E-state index in [0.717, 1.165) is 50.1 Å². The second-order valence-electron chi connectivity index (χ2n) is 8.73. The van der Waals surface area contributed by atoms with Crippen LogP contribution in [0.2, 0.25) is 0 Å². The van der Waals surface area contributed by atoms with Crippen LogP contribution in [0.4, 0.5) is 4.39 Å². The van der Waals surface area contributed by atoms with Crippen molar-refractivity contribution in [3.63, 3.8) is 0 Å². The van der Waals surface area contributed by atoms with Gasteiger partial charge in [0.25, 0.3) is 0 Å². The monoisotopic (exact) mass is 475 g/mol. The van der Waals surface area contributed by atoms with Gasteiger partial charge < -0.3 is 4.98 Å². The largest absolute Gasteiger partial charge is 0.353 e. The Balaban J connectivity index is 1.41. The summed E-state index contributed by atoms with van der Waals surface area (Å²) in [6.07, 6.45) is 4.38. The molecule has 0 atom stereocenters. The van der Waals surface area contributed by atoms with Gasteiger partial charge in [-0.2, -0.15) is 5.10 Å². The van der Waals surface area contributed by atoms with Crippen LogP contribution in [0.3, 0.4) is 0 Å². The number of carbonyl (C=O) groups excluding carboxylic acids is 1. The van der Waals surface area contributed by atoms with Crippen LogP contribution >= 0.6 is 0 Å². The van der Waals surface area contributed by atoms with E-state index in [1.807, 2.05) is 55.5 Å². The first-order chi connectivity index (χ1) is 17.6. The molecule has 0 amide bonds. The molecular formula is C29H22FN5O. The Labute approximate surface area is 206 Å². The van der Waals surface area contributed by atoms with Crippen LogP contribution in [0.25, 0.3) is 55.6 Å². The fourth-order valence-corrected chi connectivity index (χ4v) is 4.49. The molecule has 0 bridgehead atoms. The highest BCUT2D eigenvalue weighted by molar-refractivity contribution is 6.01. The van der Waals surface area contributed by atoms with Crippen molar-refractivity contribution in [2.45, 2.75) is 19.8 Å². The number of aromatic nitrogens is 5. The maximum absolute atomic E-state index is 14.5. The Morgan fingerprint density at radius 1 is 0.889 bits per heavy atom. The van der Waals surface area contributed by atoms with Crippen molar-refractivity contribution in [2.24, 2.45) is 0 Å². The molecule has 0 radical (unpaired) electrons. The number of benzene rings is 2. The van der Waals surface area contributed by atoms with Crippen LogP contribution in [0, 0.1) is 5.82 Å². The number of aromatic amines is 2. The summed E-state index contributed by atoms with van der Waals surface area (Å²) in [5, 5.41) is 9.27. The second kappa shape index (κ2) is 8.85. The van der Waals surface area contributed by atoms with Gasteiger partial charge in [-0.05, 0) is 35.9 Å². The van der Waals surface area contributed by atoms with Crippen molar-refractivity contribution in [3.05, 3.63) is 90.6 Å². The number of pyridine rings is 2. The van der Waals surface area contributed by atoms with Crippen LogP contribution in [-0.4, -0.2) is 30.9 Å². The zero-order valence-electron chi connectivity index (χ0n) is 19.5. The number of nitrogens with zero attached hydrogens (tertiary/aromatic N) is 3. The average molecular weight is 476 g/mol. The summed E-state index contributed by atoms with van der Waals surface area (Å²) >= 11 is 0. The number of rotatable bonds is 6. The minimum Gasteiger partial charge on any atom is -0.353 e. The third-order valence-electron chi connectivity index (χ3n) is 6.44. The number of hydrogen-bond donors (Lipinski definition) is 2. The summed E-state index contributed by atoms with van der Waals surface area (Å²) in [6, 6.07) is 20.5. The van der Waals surface area contributed by atoms with Crippen molar-refractivity contribution >= 4 is 27.7 Å². The molecule has 2 aromatic carbocycles. The molecule has 0 aliphatic heterocycles. The smallest absolute Gasteiger partial charge is 0.181 e. The number of nitrogens with one attached hydrogen (secondary N) is 2. The summed E-state index contributed by atoms with van der Waals surface area (Å²) in [6.45, 7) is 1.86. The van der Waals surface area contributed by atoms with E-state index in [9.17, 15) is 9.18 Å². The van der Waals surface area contributed by atoms with Gasteiger partial charge in [-0.15, -0.1) is 0 Å². The fourth-order valence-electron chi connectivity index (χ4n) is 4.49. The maximum Gasteiger partial charge on any atom is 0.181 e. The zero-order chi connectivity index (χ0) is 24.6. The van der Waals surface area contributed by atoms with E-state index in [2.05, 4.69) is 25.1 Å². The highest BCUT2D eigenvalue weighted by Gasteiger charge is 2.16. The lowest BCUT2D eigenvalue weighted by atomic mass is 10.0. The molecule has 0 aliphatic rings. The third-order valence-corrected chi connectivity index (χ3v) is 6.44. The van der Waals surface area contributed by atoms with E-state index in [4.69, 9.17) is 0 Å². The standard InChI is InChI=1S/C29H22FN5O/c1-2-20(36)13-19-11-10-17(15-31-19)18-12-24-28(34-35-29(24)32-16-18)27-14-23-21(7-5-9-26(23)33-27)22-6-3-4-8-25(22)30/h3-12,14-16,33H,2,13H2,1H3,(H,32,34,35). The minimum absolute atomic E-state index is 0.165. The van der Waals surface area contributed by atoms with Crippen molar-refractivity contribution in [2.75, 3.05) is 0 Å². The SMILES string of the molecule is CCC(=O)Cc1ccc(-c2cnc3n[nH]c(-c4cc5c(-c6ccccc6F)cccc5[nH]4)c3c2)cn1. The lowest BCUT2D eigenvalue weighted by molar-refractivity contribution is -0.118. The number of hydrogen-bond acceptors (Lipinski definition) is 4. The van der Waals surface area contributed by atoms with Gasteiger partial charge in [0.15, 0.2) is 5.65 Å². The van der Waals surface area contributed by atoms with Gasteiger partial charge in [0.05, 0.1) is 11.4 Å². The highest BCUT2D eigenvalue weighted by Crippen LogP contribution is 2.35. The summed E-state index contributed by atoms with van der Waals surface area (Å²) < 4.78 is 14.5. The fraction of sp³-hybridized carbons (Fsp3) is 0.103. The summed E-state index contributed by atoms with van der Waals surface area (Å²) in [5.41, 5.74) is 7.07. The number of fused-ring (bicyclic) bond motifs is 2. The van der Waals surface area contributed by atoms with Crippen LogP contribution < -0.4 is 0 Å². The third kappa shape index (κ3) is 3.84. The number of carbonyl (C=O) groups is 1. The quantitative estimate of drug-likeness (QED) is 0.288. The molecule has 0 spiro atoms. The Kier molecular flexibility index (Phi) is 5.37. The lowest BCUT2D eigenvalue weighted by Crippen LogP contribution is -2.02. The van der Waals surface area contributed by atoms with Crippen molar-refractivity contribution in [1.82, 2.24) is 25.1 Å². The second-order valence-corrected chi connectivity index (χ2v) is 8.73. The minimum atomic E-state index is -0.257. The Morgan fingerprint density at radius 2 is 1.72 bits per heavy atom. The van der Waals surface area contributed by atoms with Gasteiger partial charge in [0, 0.05) is 63.9 Å². The van der Waals surface area contributed by atoms with Gasteiger partial charge in [0.2, 0.25) is 0 Å². The van der Waals surface area contributed by atoms with Gasteiger partial charge in [-0.1, -0.05) is 43.3 Å². The van der Waals surface area contributed by atoms with Gasteiger partial charge >= 0.3 is 0 Å². The zero-order valence-corrected chi connectivity index (χ0v) is 19.5. The first-order valence-corrected chi connectivity index (χ1v) is 11.8. The Hall–Kier alpha value is -4.65. The van der Waals surface area contributed by atoms with E-state index in [1.165, 1.54) is 6.07 Å². The predicted molar refractivity (Wildman–Crippen MR) is 139 cm³/mol. The average Bonchev–Trinajstić information content (AvgIpc) is 3.53. The Bertz CT molecular complexity index is 1730. The summed E-state index contributed by atoms with van der Waals surface area (Å²) in [7, 11) is 0. The van der Waals surface area contributed by atoms with E-state index < -0.39 is 0 Å². The molecule has 2 N–H and O–H groups in total. The van der Waals surface area contributed by atoms with E-state index in [0.29, 0.717) is 24.1 Å². The molecular weight excluding hydrogens is 453 g/mol. The molecule has 6 aromatic rings. The van der Waals surface area contributed by atoms with Crippen molar-refractivity contribution < 1.29 is 9.18 Å². The molecule has 4 heterocycles. The molecule has 0 saturated carbocycles. The van der Waals surface area contributed by atoms with Crippen LogP contribution in [0.15, 0.2) is 79.1 Å². The molecule has 0 unspecified atom stereocenters. The van der Waals surface area contributed by atoms with Crippen LogP contribution in [0.1, 0.15) is 19.0 Å². The number of Topliss-reactive ketones (excluding diaryl/α,β-unsaturated/α-hetero) is 1. The van der Waals surface area contributed by atoms with E-state index in [1.54, 1.807) is 24.5 Å². The lowest BCUT2D eigenvalue weighted by Gasteiger charge is -2.04. The molecule has 0 aliphatic carbocycles. The van der Waals surface area contributed by atoms with E-state index in [-0.39, 0.29) is 11.6 Å². The van der Waals surface area contributed by atoms with E-state index >= 15 is 0 Å². The molecule has 4 aromatic heterocycles. The first kappa shape index (κ1) is 21.9. The molecule has 0 fully saturated rings. The van der Waals surface area contributed by atoms with Crippen molar-refractivity contribution in [1.29, 1.82) is 0 Å². The predicted octanol–water partition coefficient (Wildman–Crippen LogP) is 6.50. The highest BCUT2D eigenvalue weighted by atomic mass is 19.1. The molecule has 6 nitrogen and oxygen atoms in total. The summed E-state index contributed by atoms with van der Waals surface area (Å²) in [4.78, 5) is 24.2. The summed E-state index contributed by atoms with van der Waals surface area (Å²) in [5.74, 6) is -0.0925. The van der Waals surface area contributed by atoms with Crippen LogP contribution in [-0.2, 0) is 11.2 Å². The van der Waals surface area contributed by atoms with Gasteiger partial charge in [-0.3, -0.25) is 14.9 Å². The molecule has 36 heavy (non-hydrogen) atoms. The first-order valence-electron chi connectivity index (χ1n) is 11.8. The van der Waals surface area contributed by atoms with Gasteiger partial charge in [-0.25, -0.2) is 9.37 Å². The van der Waals surface area contributed by atoms with Crippen molar-refractivity contribution in [3.8, 4) is 33.6 Å². The molecule has 7 heteroatoms. The van der Waals surface area contributed by atoms with Gasteiger partial charge in [0.1, 0.15) is 11.6 Å².